The Hall–Kier alpha value is -0.900. The molecule has 0 saturated carbocycles. The first-order valence-electron chi connectivity index (χ1n) is 4.21. The van der Waals surface area contributed by atoms with Crippen molar-refractivity contribution in [1.82, 2.24) is 4.90 Å². The maximum Gasteiger partial charge on any atom is 0.214 e. The largest absolute Gasteiger partial charge is 0.368 e. The fourth-order valence-corrected chi connectivity index (χ4v) is 1.35. The summed E-state index contributed by atoms with van der Waals surface area (Å²) in [5.74, 6) is 0.324. The van der Waals surface area contributed by atoms with Crippen molar-refractivity contribution in [1.29, 1.82) is 0 Å². The van der Waals surface area contributed by atoms with Gasteiger partial charge in [0.05, 0.1) is 6.04 Å². The monoisotopic (exact) mass is 170 g/mol. The molecule has 1 aliphatic rings. The Bertz CT molecular complexity index is 185. The minimum atomic E-state index is 0. The molecule has 1 heterocycles. The summed E-state index contributed by atoms with van der Waals surface area (Å²) in [6, 6.07) is 0.353. The molecule has 0 aliphatic carbocycles. The summed E-state index contributed by atoms with van der Waals surface area (Å²) in [4.78, 5) is 10.1. The Morgan fingerprint density at radius 1 is 1.58 bits per heavy atom. The van der Waals surface area contributed by atoms with E-state index in [-0.39, 0.29) is 1.43 Å². The van der Waals surface area contributed by atoms with E-state index in [1.807, 2.05) is 0 Å². The molecule has 1 saturated heterocycles. The second-order valence-electron chi connectivity index (χ2n) is 3.18. The summed E-state index contributed by atoms with van der Waals surface area (Å²) in [7, 11) is 2.12. The molecule has 70 valence electrons. The smallest absolute Gasteiger partial charge is 0.214 e. The van der Waals surface area contributed by atoms with Crippen LogP contribution in [0.4, 0.5) is 0 Å². The van der Waals surface area contributed by atoms with Gasteiger partial charge in [-0.25, -0.2) is 9.98 Å². The van der Waals surface area contributed by atoms with Gasteiger partial charge in [-0.05, 0) is 39.7 Å². The van der Waals surface area contributed by atoms with Gasteiger partial charge < -0.3 is 10.6 Å². The number of rotatable bonds is 1. The second kappa shape index (κ2) is 4.21. The van der Waals surface area contributed by atoms with Gasteiger partial charge in [-0.3, -0.25) is 0 Å². The van der Waals surface area contributed by atoms with Crippen LogP contribution in [0, 0.1) is 0 Å². The van der Waals surface area contributed by atoms with Crippen LogP contribution in [0.25, 0.3) is 0 Å². The van der Waals surface area contributed by atoms with Crippen LogP contribution in [-0.2, 0) is 0 Å². The lowest BCUT2D eigenvalue weighted by Gasteiger charge is -2.26. The Morgan fingerprint density at radius 3 is 2.67 bits per heavy atom. The number of nitrogens with zero attached hydrogens (tertiary/aromatic N) is 3. The van der Waals surface area contributed by atoms with Crippen LogP contribution in [0.3, 0.4) is 0 Å². The predicted molar refractivity (Wildman–Crippen MR) is 53.8 cm³/mol. The number of hydrogen-bond acceptors (Lipinski definition) is 2. The van der Waals surface area contributed by atoms with Crippen LogP contribution in [0.2, 0.25) is 0 Å². The molecule has 0 unspecified atom stereocenters. The van der Waals surface area contributed by atoms with E-state index in [1.54, 1.807) is 0 Å². The van der Waals surface area contributed by atoms with Crippen LogP contribution in [0.1, 0.15) is 14.3 Å². The third kappa shape index (κ3) is 2.62. The minimum Gasteiger partial charge on any atom is -0.368 e. The number of likely N-dealkylation sites (tertiary alicyclic amines) is 1. The average Bonchev–Trinajstić information content (AvgIpc) is 2.09. The molecule has 0 atom stereocenters. The van der Waals surface area contributed by atoms with Gasteiger partial charge in [0.1, 0.15) is 0 Å². The Kier molecular flexibility index (Phi) is 3.22. The molecule has 0 aromatic heterocycles. The van der Waals surface area contributed by atoms with Crippen molar-refractivity contribution in [3.8, 4) is 0 Å². The highest BCUT2D eigenvalue weighted by atomic mass is 15.1. The summed E-state index contributed by atoms with van der Waals surface area (Å²) in [5, 5.41) is 0. The van der Waals surface area contributed by atoms with Crippen molar-refractivity contribution >= 4 is 12.7 Å². The van der Waals surface area contributed by atoms with E-state index >= 15 is 0 Å². The molecule has 1 rings (SSSR count). The summed E-state index contributed by atoms with van der Waals surface area (Å²) in [6.07, 6.45) is 2.15. The number of guanidine groups is 1. The first-order chi connectivity index (χ1) is 5.72. The zero-order valence-electron chi connectivity index (χ0n) is 7.53. The van der Waals surface area contributed by atoms with E-state index in [0.29, 0.717) is 12.0 Å². The summed E-state index contributed by atoms with van der Waals surface area (Å²) < 4.78 is 0. The average molecular weight is 170 g/mol. The normalized spacial score (nSPS) is 22.6. The van der Waals surface area contributed by atoms with E-state index in [4.69, 9.17) is 5.73 Å². The Morgan fingerprint density at radius 2 is 2.17 bits per heavy atom. The molecule has 0 radical (unpaired) electrons. The molecule has 0 aromatic rings. The lowest BCUT2D eigenvalue weighted by atomic mass is 10.1. The molecule has 2 N–H and O–H groups in total. The minimum absolute atomic E-state index is 0. The maximum atomic E-state index is 5.45. The molecular formula is C8H18N4. The number of aliphatic imine (C=N–C) groups is 2. The van der Waals surface area contributed by atoms with E-state index in [2.05, 4.69) is 28.6 Å². The van der Waals surface area contributed by atoms with E-state index in [9.17, 15) is 0 Å². The molecule has 0 spiro atoms. The lowest BCUT2D eigenvalue weighted by molar-refractivity contribution is 0.257. The first-order valence-corrected chi connectivity index (χ1v) is 4.21. The van der Waals surface area contributed by atoms with Crippen molar-refractivity contribution in [2.75, 3.05) is 20.1 Å². The molecule has 4 nitrogen and oxygen atoms in total. The fraction of sp³-hybridized carbons (Fsp3) is 0.750. The second-order valence-corrected chi connectivity index (χ2v) is 3.18. The quantitative estimate of drug-likeness (QED) is 0.456. The molecule has 0 bridgehead atoms. The van der Waals surface area contributed by atoms with Gasteiger partial charge in [0.25, 0.3) is 0 Å². The van der Waals surface area contributed by atoms with Crippen LogP contribution in [-0.4, -0.2) is 43.8 Å². The van der Waals surface area contributed by atoms with E-state index < -0.39 is 0 Å². The van der Waals surface area contributed by atoms with Crippen molar-refractivity contribution in [3.05, 3.63) is 0 Å². The van der Waals surface area contributed by atoms with Gasteiger partial charge in [-0.1, -0.05) is 0 Å². The SMILES string of the molecule is C=NC(N)=NC1CCN(C)CC1.[HH]. The molecular weight excluding hydrogens is 152 g/mol. The lowest BCUT2D eigenvalue weighted by Crippen LogP contribution is -2.32. The Balaban J connectivity index is 0.00000144. The van der Waals surface area contributed by atoms with Crippen LogP contribution in [0.5, 0.6) is 0 Å². The molecule has 0 aromatic carbocycles. The van der Waals surface area contributed by atoms with Gasteiger partial charge in [-0.2, -0.15) is 0 Å². The fourth-order valence-electron chi connectivity index (χ4n) is 1.35. The van der Waals surface area contributed by atoms with Crippen molar-refractivity contribution < 1.29 is 1.43 Å². The molecule has 1 aliphatic heterocycles. The zero-order chi connectivity index (χ0) is 8.97. The van der Waals surface area contributed by atoms with Crippen molar-refractivity contribution in [3.63, 3.8) is 0 Å². The summed E-state index contributed by atoms with van der Waals surface area (Å²) in [5.41, 5.74) is 5.45. The molecule has 12 heavy (non-hydrogen) atoms. The van der Waals surface area contributed by atoms with E-state index in [0.717, 1.165) is 25.9 Å². The van der Waals surface area contributed by atoms with Crippen molar-refractivity contribution in [2.24, 2.45) is 15.7 Å². The zero-order valence-corrected chi connectivity index (χ0v) is 7.53. The molecule has 1 fully saturated rings. The van der Waals surface area contributed by atoms with Gasteiger partial charge in [0, 0.05) is 1.43 Å². The summed E-state index contributed by atoms with van der Waals surface area (Å²) in [6.45, 7) is 5.52. The molecule has 4 heteroatoms. The van der Waals surface area contributed by atoms with Crippen LogP contribution < -0.4 is 5.73 Å². The summed E-state index contributed by atoms with van der Waals surface area (Å²) >= 11 is 0. The van der Waals surface area contributed by atoms with Gasteiger partial charge in [0.15, 0.2) is 0 Å². The first kappa shape index (κ1) is 9.19. The molecule has 0 amide bonds. The topological polar surface area (TPSA) is 54.0 Å². The van der Waals surface area contributed by atoms with Crippen LogP contribution >= 0.6 is 0 Å². The third-order valence-electron chi connectivity index (χ3n) is 2.16. The van der Waals surface area contributed by atoms with Gasteiger partial charge in [0.2, 0.25) is 5.96 Å². The highest BCUT2D eigenvalue weighted by Gasteiger charge is 2.15. The number of piperidine rings is 1. The predicted octanol–water partition coefficient (Wildman–Crippen LogP) is 0.342. The number of hydrogen-bond donors (Lipinski definition) is 1. The maximum absolute atomic E-state index is 5.45. The Labute approximate surface area is 74.7 Å². The standard InChI is InChI=1S/C8H16N4.H2/c1-10-8(9)11-7-3-5-12(2)6-4-7;/h7H,1,3-6H2,2H3,(H2,9,11);1H. The highest BCUT2D eigenvalue weighted by Crippen LogP contribution is 2.11. The third-order valence-corrected chi connectivity index (χ3v) is 2.16. The number of nitrogens with two attached hydrogens (primary N) is 1. The van der Waals surface area contributed by atoms with Gasteiger partial charge in [-0.15, -0.1) is 0 Å². The van der Waals surface area contributed by atoms with Gasteiger partial charge >= 0.3 is 0 Å². The van der Waals surface area contributed by atoms with E-state index in [1.165, 1.54) is 0 Å². The highest BCUT2D eigenvalue weighted by molar-refractivity contribution is 5.82. The van der Waals surface area contributed by atoms with Crippen molar-refractivity contribution in [2.45, 2.75) is 18.9 Å². The van der Waals surface area contributed by atoms with Crippen LogP contribution in [0.15, 0.2) is 9.98 Å².